The Morgan fingerprint density at radius 3 is 2.53 bits per heavy atom. The minimum atomic E-state index is -0.824. The molecule has 4 heteroatoms. The Labute approximate surface area is 101 Å². The van der Waals surface area contributed by atoms with Crippen LogP contribution in [0, 0.1) is 5.82 Å². The standard InChI is InChI=1S/C13H19FO3/c1-13(2,17-4)8-11(15)10-7-9(14)5-6-12(10)16-3/h5-7,11,15H,8H2,1-4H3. The lowest BCUT2D eigenvalue weighted by molar-refractivity contribution is -0.0205. The van der Waals surface area contributed by atoms with Crippen LogP contribution in [0.25, 0.3) is 0 Å². The number of aliphatic hydroxyl groups excluding tert-OH is 1. The lowest BCUT2D eigenvalue weighted by atomic mass is 9.95. The van der Waals surface area contributed by atoms with Crippen molar-refractivity contribution in [3.63, 3.8) is 0 Å². The topological polar surface area (TPSA) is 38.7 Å². The van der Waals surface area contributed by atoms with Gasteiger partial charge in [-0.2, -0.15) is 0 Å². The van der Waals surface area contributed by atoms with Crippen LogP contribution >= 0.6 is 0 Å². The first-order chi connectivity index (χ1) is 7.89. The van der Waals surface area contributed by atoms with Crippen LogP contribution < -0.4 is 4.74 Å². The lowest BCUT2D eigenvalue weighted by Crippen LogP contribution is -2.25. The van der Waals surface area contributed by atoms with E-state index in [0.29, 0.717) is 17.7 Å². The molecule has 1 N–H and O–H groups in total. The molecule has 0 radical (unpaired) electrons. The fourth-order valence-corrected chi connectivity index (χ4v) is 1.62. The van der Waals surface area contributed by atoms with Gasteiger partial charge in [-0.05, 0) is 32.0 Å². The molecule has 1 aromatic rings. The summed E-state index contributed by atoms with van der Waals surface area (Å²) in [5, 5.41) is 10.1. The molecule has 0 heterocycles. The quantitative estimate of drug-likeness (QED) is 0.862. The van der Waals surface area contributed by atoms with Crippen molar-refractivity contribution in [1.29, 1.82) is 0 Å². The van der Waals surface area contributed by atoms with E-state index < -0.39 is 17.5 Å². The van der Waals surface area contributed by atoms with Gasteiger partial charge in [0.25, 0.3) is 0 Å². The van der Waals surface area contributed by atoms with Crippen LogP contribution in [-0.2, 0) is 4.74 Å². The smallest absolute Gasteiger partial charge is 0.124 e. The number of rotatable bonds is 5. The molecule has 0 amide bonds. The summed E-state index contributed by atoms with van der Waals surface area (Å²) in [6.45, 7) is 3.73. The molecule has 0 aromatic heterocycles. The Kier molecular flexibility index (Phi) is 4.48. The molecule has 1 unspecified atom stereocenters. The number of hydrogen-bond donors (Lipinski definition) is 1. The average molecular weight is 242 g/mol. The highest BCUT2D eigenvalue weighted by Crippen LogP contribution is 2.32. The van der Waals surface area contributed by atoms with E-state index in [1.165, 1.54) is 25.3 Å². The highest BCUT2D eigenvalue weighted by molar-refractivity contribution is 5.35. The summed E-state index contributed by atoms with van der Waals surface area (Å²) in [4.78, 5) is 0. The first-order valence-electron chi connectivity index (χ1n) is 5.46. The number of benzene rings is 1. The highest BCUT2D eigenvalue weighted by Gasteiger charge is 2.24. The fourth-order valence-electron chi connectivity index (χ4n) is 1.62. The molecule has 1 rings (SSSR count). The summed E-state index contributed by atoms with van der Waals surface area (Å²) < 4.78 is 23.5. The van der Waals surface area contributed by atoms with Crippen molar-refractivity contribution < 1.29 is 19.0 Å². The largest absolute Gasteiger partial charge is 0.496 e. The summed E-state index contributed by atoms with van der Waals surface area (Å²) >= 11 is 0. The summed E-state index contributed by atoms with van der Waals surface area (Å²) in [6, 6.07) is 4.10. The summed E-state index contributed by atoms with van der Waals surface area (Å²) in [5.74, 6) is 0.0841. The van der Waals surface area contributed by atoms with E-state index in [9.17, 15) is 9.50 Å². The number of aliphatic hydroxyl groups is 1. The SMILES string of the molecule is COc1ccc(F)cc1C(O)CC(C)(C)OC. The van der Waals surface area contributed by atoms with E-state index in [1.807, 2.05) is 13.8 Å². The van der Waals surface area contributed by atoms with Gasteiger partial charge in [0, 0.05) is 19.1 Å². The molecule has 0 saturated heterocycles. The van der Waals surface area contributed by atoms with E-state index in [2.05, 4.69) is 0 Å². The maximum atomic E-state index is 13.2. The molecule has 0 aliphatic rings. The summed E-state index contributed by atoms with van der Waals surface area (Å²) in [5.41, 5.74) is -0.0332. The molecule has 3 nitrogen and oxygen atoms in total. The first kappa shape index (κ1) is 13.9. The molecular formula is C13H19FO3. The zero-order valence-corrected chi connectivity index (χ0v) is 10.7. The average Bonchev–Trinajstić information content (AvgIpc) is 2.28. The number of halogens is 1. The zero-order chi connectivity index (χ0) is 13.1. The van der Waals surface area contributed by atoms with E-state index in [1.54, 1.807) is 7.11 Å². The van der Waals surface area contributed by atoms with Crippen molar-refractivity contribution in [3.05, 3.63) is 29.6 Å². The van der Waals surface area contributed by atoms with Crippen molar-refractivity contribution in [2.45, 2.75) is 32.0 Å². The van der Waals surface area contributed by atoms with Crippen LogP contribution in [0.5, 0.6) is 5.75 Å². The molecule has 0 aliphatic carbocycles. The monoisotopic (exact) mass is 242 g/mol. The normalized spacial score (nSPS) is 13.5. The second-order valence-electron chi connectivity index (χ2n) is 4.57. The Morgan fingerprint density at radius 1 is 1.35 bits per heavy atom. The molecule has 0 bridgehead atoms. The van der Waals surface area contributed by atoms with Gasteiger partial charge in [0.1, 0.15) is 11.6 Å². The van der Waals surface area contributed by atoms with Gasteiger partial charge in [0.2, 0.25) is 0 Å². The highest BCUT2D eigenvalue weighted by atomic mass is 19.1. The van der Waals surface area contributed by atoms with E-state index >= 15 is 0 Å². The van der Waals surface area contributed by atoms with Crippen molar-refractivity contribution in [1.82, 2.24) is 0 Å². The summed E-state index contributed by atoms with van der Waals surface area (Å²) in [7, 11) is 3.07. The van der Waals surface area contributed by atoms with Gasteiger partial charge >= 0.3 is 0 Å². The molecule has 0 saturated carbocycles. The third-order valence-corrected chi connectivity index (χ3v) is 2.79. The maximum Gasteiger partial charge on any atom is 0.124 e. The molecular weight excluding hydrogens is 223 g/mol. The Bertz CT molecular complexity index is 377. The van der Waals surface area contributed by atoms with Gasteiger partial charge in [-0.25, -0.2) is 4.39 Å². The summed E-state index contributed by atoms with van der Waals surface area (Å²) in [6.07, 6.45) is -0.459. The second-order valence-corrected chi connectivity index (χ2v) is 4.57. The molecule has 1 aromatic carbocycles. The number of methoxy groups -OCH3 is 2. The van der Waals surface area contributed by atoms with E-state index in [4.69, 9.17) is 9.47 Å². The van der Waals surface area contributed by atoms with Crippen LogP contribution in [-0.4, -0.2) is 24.9 Å². The van der Waals surface area contributed by atoms with Crippen LogP contribution in [0.1, 0.15) is 31.9 Å². The first-order valence-corrected chi connectivity index (χ1v) is 5.46. The van der Waals surface area contributed by atoms with E-state index in [-0.39, 0.29) is 0 Å². The van der Waals surface area contributed by atoms with E-state index in [0.717, 1.165) is 0 Å². The molecule has 0 fully saturated rings. The predicted molar refractivity (Wildman–Crippen MR) is 63.6 cm³/mol. The Balaban J connectivity index is 2.95. The van der Waals surface area contributed by atoms with Crippen molar-refractivity contribution >= 4 is 0 Å². The lowest BCUT2D eigenvalue weighted by Gasteiger charge is -2.26. The van der Waals surface area contributed by atoms with Gasteiger partial charge in [-0.15, -0.1) is 0 Å². The Hall–Kier alpha value is -1.13. The van der Waals surface area contributed by atoms with Crippen molar-refractivity contribution in [2.75, 3.05) is 14.2 Å². The third kappa shape index (κ3) is 3.68. The van der Waals surface area contributed by atoms with Gasteiger partial charge in [0.15, 0.2) is 0 Å². The molecule has 17 heavy (non-hydrogen) atoms. The molecule has 0 spiro atoms. The third-order valence-electron chi connectivity index (χ3n) is 2.79. The minimum absolute atomic E-state index is 0.364. The zero-order valence-electron chi connectivity index (χ0n) is 10.7. The second kappa shape index (κ2) is 5.47. The molecule has 1 atom stereocenters. The molecule has 0 aliphatic heterocycles. The minimum Gasteiger partial charge on any atom is -0.496 e. The molecule has 96 valence electrons. The van der Waals surface area contributed by atoms with Crippen molar-refractivity contribution in [3.8, 4) is 5.75 Å². The van der Waals surface area contributed by atoms with Crippen LogP contribution in [0.4, 0.5) is 4.39 Å². The Morgan fingerprint density at radius 2 is 2.00 bits per heavy atom. The fraction of sp³-hybridized carbons (Fsp3) is 0.538. The van der Waals surface area contributed by atoms with Gasteiger partial charge in [-0.3, -0.25) is 0 Å². The van der Waals surface area contributed by atoms with Crippen molar-refractivity contribution in [2.24, 2.45) is 0 Å². The van der Waals surface area contributed by atoms with Crippen LogP contribution in [0.3, 0.4) is 0 Å². The van der Waals surface area contributed by atoms with Gasteiger partial charge in [-0.1, -0.05) is 0 Å². The number of hydrogen-bond acceptors (Lipinski definition) is 3. The van der Waals surface area contributed by atoms with Gasteiger partial charge < -0.3 is 14.6 Å². The maximum absolute atomic E-state index is 13.2. The predicted octanol–water partition coefficient (Wildman–Crippen LogP) is 2.68. The van der Waals surface area contributed by atoms with Crippen LogP contribution in [0.2, 0.25) is 0 Å². The van der Waals surface area contributed by atoms with Crippen LogP contribution in [0.15, 0.2) is 18.2 Å². The number of ether oxygens (including phenoxy) is 2. The van der Waals surface area contributed by atoms with Gasteiger partial charge in [0.05, 0.1) is 18.8 Å².